The smallest absolute Gasteiger partial charge is 0.444 e. The molecule has 3 aromatic rings. The minimum absolute atomic E-state index is 0.328. The van der Waals surface area contributed by atoms with Gasteiger partial charge in [0.25, 0.3) is 0 Å². The zero-order valence-corrected chi connectivity index (χ0v) is 22.8. The molecule has 36 heavy (non-hydrogen) atoms. The Kier molecular flexibility index (Phi) is 6.97. The third-order valence-electron chi connectivity index (χ3n) is 6.82. The fraction of sp³-hybridized carbons (Fsp3) is 0.500. The van der Waals surface area contributed by atoms with E-state index in [0.29, 0.717) is 13.1 Å². The van der Waals surface area contributed by atoms with Gasteiger partial charge >= 0.3 is 13.2 Å². The molecule has 1 fully saturated rings. The van der Waals surface area contributed by atoms with Crippen molar-refractivity contribution in [2.45, 2.75) is 85.2 Å². The third-order valence-corrected chi connectivity index (χ3v) is 6.82. The minimum atomic E-state index is -0.537. The molecule has 2 aromatic carbocycles. The van der Waals surface area contributed by atoms with Crippen molar-refractivity contribution in [3.05, 3.63) is 48.4 Å². The highest BCUT2D eigenvalue weighted by Gasteiger charge is 2.51. The standard InChI is InChI=1S/C28H38BN3O4/c1-9-14-32(25(33)34-26(2,3)4)18-24-30-17-23(31-24)21-11-10-20-16-22(13-12-19(20)15-21)29-35-27(5,6)28(7,8)36-29/h10-13,15-17H,9,14,18H2,1-8H3,(H,30,31). The summed E-state index contributed by atoms with van der Waals surface area (Å²) in [5.74, 6) is 0.723. The van der Waals surface area contributed by atoms with Gasteiger partial charge in [-0.1, -0.05) is 37.3 Å². The number of fused-ring (bicyclic) bond motifs is 1. The highest BCUT2D eigenvalue weighted by Crippen LogP contribution is 2.36. The van der Waals surface area contributed by atoms with Crippen molar-refractivity contribution >= 4 is 29.4 Å². The number of hydrogen-bond donors (Lipinski definition) is 1. The van der Waals surface area contributed by atoms with Crippen molar-refractivity contribution in [2.75, 3.05) is 6.54 Å². The maximum Gasteiger partial charge on any atom is 0.494 e. The zero-order valence-electron chi connectivity index (χ0n) is 22.8. The van der Waals surface area contributed by atoms with Gasteiger partial charge in [0.2, 0.25) is 0 Å². The Balaban J connectivity index is 1.51. The summed E-state index contributed by atoms with van der Waals surface area (Å²) in [6, 6.07) is 12.6. The van der Waals surface area contributed by atoms with Crippen molar-refractivity contribution in [2.24, 2.45) is 0 Å². The summed E-state index contributed by atoms with van der Waals surface area (Å²) in [5.41, 5.74) is 1.67. The van der Waals surface area contributed by atoms with Crippen molar-refractivity contribution in [3.8, 4) is 11.3 Å². The number of H-pyrrole nitrogens is 1. The van der Waals surface area contributed by atoms with Gasteiger partial charge in [0.15, 0.2) is 0 Å². The average Bonchev–Trinajstić information content (AvgIpc) is 3.32. The Morgan fingerprint density at radius 2 is 1.69 bits per heavy atom. The van der Waals surface area contributed by atoms with Gasteiger partial charge in [-0.3, -0.25) is 0 Å². The third kappa shape index (κ3) is 5.60. The monoisotopic (exact) mass is 491 g/mol. The molecule has 4 rings (SSSR count). The van der Waals surface area contributed by atoms with Crippen LogP contribution in [-0.4, -0.2) is 51.4 Å². The van der Waals surface area contributed by atoms with Crippen molar-refractivity contribution in [1.29, 1.82) is 0 Å². The van der Waals surface area contributed by atoms with Crippen LogP contribution >= 0.6 is 0 Å². The molecule has 7 nitrogen and oxygen atoms in total. The number of rotatable bonds is 6. The Morgan fingerprint density at radius 3 is 2.33 bits per heavy atom. The predicted octanol–water partition coefficient (Wildman–Crippen LogP) is 5.68. The van der Waals surface area contributed by atoms with Gasteiger partial charge in [-0.05, 0) is 77.2 Å². The van der Waals surface area contributed by atoms with E-state index in [4.69, 9.17) is 14.0 Å². The molecule has 0 spiro atoms. The first kappa shape index (κ1) is 26.2. The van der Waals surface area contributed by atoms with Crippen LogP contribution in [-0.2, 0) is 20.6 Å². The molecule has 8 heteroatoms. The van der Waals surface area contributed by atoms with Crippen LogP contribution in [0.2, 0.25) is 0 Å². The number of ether oxygens (including phenoxy) is 1. The number of aromatic nitrogens is 2. The number of hydrogen-bond acceptors (Lipinski definition) is 5. The Morgan fingerprint density at radius 1 is 1.06 bits per heavy atom. The van der Waals surface area contributed by atoms with Gasteiger partial charge in [-0.2, -0.15) is 0 Å². The van der Waals surface area contributed by atoms with E-state index in [-0.39, 0.29) is 24.4 Å². The molecule has 2 heterocycles. The van der Waals surface area contributed by atoms with E-state index >= 15 is 0 Å². The topological polar surface area (TPSA) is 76.7 Å². The fourth-order valence-electron chi connectivity index (χ4n) is 4.16. The fourth-order valence-corrected chi connectivity index (χ4v) is 4.16. The summed E-state index contributed by atoms with van der Waals surface area (Å²) in [7, 11) is -0.384. The summed E-state index contributed by atoms with van der Waals surface area (Å²) < 4.78 is 18.0. The zero-order chi connectivity index (χ0) is 26.3. The Hall–Kier alpha value is -2.84. The summed E-state index contributed by atoms with van der Waals surface area (Å²) in [4.78, 5) is 22.2. The molecule has 1 aromatic heterocycles. The van der Waals surface area contributed by atoms with Crippen LogP contribution in [0.4, 0.5) is 4.79 Å². The quantitative estimate of drug-likeness (QED) is 0.450. The lowest BCUT2D eigenvalue weighted by atomic mass is 9.78. The highest BCUT2D eigenvalue weighted by molar-refractivity contribution is 6.62. The number of benzene rings is 2. The molecule has 0 saturated carbocycles. The molecule has 1 aliphatic heterocycles. The number of imidazole rings is 1. The molecule has 0 radical (unpaired) electrons. The molecule has 1 amide bonds. The first-order valence-corrected chi connectivity index (χ1v) is 12.7. The number of nitrogens with zero attached hydrogens (tertiary/aromatic N) is 2. The SMILES string of the molecule is CCCN(Cc1ncc(-c2ccc3cc(B4OC(C)(C)C(C)(C)O4)ccc3c2)[nH]1)C(=O)OC(C)(C)C. The molecule has 0 unspecified atom stereocenters. The predicted molar refractivity (Wildman–Crippen MR) is 144 cm³/mol. The largest absolute Gasteiger partial charge is 0.494 e. The van der Waals surface area contributed by atoms with Gasteiger partial charge in [0.05, 0.1) is 29.6 Å². The molecular weight excluding hydrogens is 453 g/mol. The van der Waals surface area contributed by atoms with Gasteiger partial charge in [-0.25, -0.2) is 9.78 Å². The number of carbonyl (C=O) groups excluding carboxylic acids is 1. The lowest BCUT2D eigenvalue weighted by molar-refractivity contribution is 0.00578. The lowest BCUT2D eigenvalue weighted by Gasteiger charge is -2.32. The van der Waals surface area contributed by atoms with Gasteiger partial charge in [0, 0.05) is 12.1 Å². The minimum Gasteiger partial charge on any atom is -0.444 e. The van der Waals surface area contributed by atoms with E-state index in [1.165, 1.54) is 0 Å². The molecular formula is C28H38BN3O4. The molecule has 192 valence electrons. The maximum absolute atomic E-state index is 12.6. The van der Waals surface area contributed by atoms with Crippen LogP contribution in [0.15, 0.2) is 42.6 Å². The van der Waals surface area contributed by atoms with E-state index < -0.39 is 5.60 Å². The van der Waals surface area contributed by atoms with Gasteiger partial charge in [-0.15, -0.1) is 0 Å². The van der Waals surface area contributed by atoms with E-state index in [2.05, 4.69) is 74.1 Å². The molecule has 0 aliphatic carbocycles. The first-order valence-electron chi connectivity index (χ1n) is 12.7. The van der Waals surface area contributed by atoms with Crippen LogP contribution in [0.1, 0.15) is 67.6 Å². The molecule has 1 aliphatic rings. The van der Waals surface area contributed by atoms with Crippen molar-refractivity contribution < 1.29 is 18.8 Å². The molecule has 1 saturated heterocycles. The lowest BCUT2D eigenvalue weighted by Crippen LogP contribution is -2.41. The van der Waals surface area contributed by atoms with Crippen LogP contribution in [0.25, 0.3) is 22.0 Å². The second-order valence-corrected chi connectivity index (χ2v) is 11.6. The summed E-state index contributed by atoms with van der Waals surface area (Å²) >= 11 is 0. The maximum atomic E-state index is 12.6. The van der Waals surface area contributed by atoms with E-state index in [1.807, 2.05) is 33.9 Å². The van der Waals surface area contributed by atoms with Crippen LogP contribution in [0, 0.1) is 0 Å². The summed E-state index contributed by atoms with van der Waals surface area (Å²) in [6.07, 6.45) is 2.32. The van der Waals surface area contributed by atoms with Crippen LogP contribution < -0.4 is 5.46 Å². The average molecular weight is 491 g/mol. The van der Waals surface area contributed by atoms with Crippen molar-refractivity contribution in [1.82, 2.24) is 14.9 Å². The highest BCUT2D eigenvalue weighted by atomic mass is 16.7. The number of aromatic amines is 1. The normalized spacial score (nSPS) is 16.9. The number of amides is 1. The van der Waals surface area contributed by atoms with Crippen LogP contribution in [0.3, 0.4) is 0 Å². The molecule has 1 N–H and O–H groups in total. The van der Waals surface area contributed by atoms with Gasteiger partial charge in [0.1, 0.15) is 11.4 Å². The second kappa shape index (κ2) is 9.56. The van der Waals surface area contributed by atoms with Crippen LogP contribution in [0.5, 0.6) is 0 Å². The molecule has 0 atom stereocenters. The van der Waals surface area contributed by atoms with E-state index in [1.54, 1.807) is 4.90 Å². The molecule has 0 bridgehead atoms. The summed E-state index contributed by atoms with van der Waals surface area (Å²) in [6.45, 7) is 16.9. The van der Waals surface area contributed by atoms with Gasteiger partial charge < -0.3 is 23.9 Å². The van der Waals surface area contributed by atoms with Crippen molar-refractivity contribution in [3.63, 3.8) is 0 Å². The van der Waals surface area contributed by atoms with E-state index in [9.17, 15) is 4.79 Å². The number of nitrogens with one attached hydrogen (secondary N) is 1. The first-order chi connectivity index (χ1) is 16.8. The Bertz CT molecular complexity index is 1230. The Labute approximate surface area is 214 Å². The number of carbonyl (C=O) groups is 1. The summed E-state index contributed by atoms with van der Waals surface area (Å²) in [5, 5.41) is 2.23. The van der Waals surface area contributed by atoms with E-state index in [0.717, 1.165) is 39.7 Å². The second-order valence-electron chi connectivity index (χ2n) is 11.6.